The van der Waals surface area contributed by atoms with Crippen molar-refractivity contribution in [1.82, 2.24) is 0 Å². The van der Waals surface area contributed by atoms with Crippen LogP contribution in [-0.4, -0.2) is 7.11 Å². The fourth-order valence-corrected chi connectivity index (χ4v) is 4.36. The number of hydrogen-bond acceptors (Lipinski definition) is 2. The van der Waals surface area contributed by atoms with Gasteiger partial charge in [-0.2, -0.15) is 0 Å². The molecule has 0 saturated heterocycles. The number of fused-ring (bicyclic) bond motifs is 3. The number of methoxy groups -OCH3 is 1. The summed E-state index contributed by atoms with van der Waals surface area (Å²) < 4.78 is 6.66. The second-order valence-corrected chi connectivity index (χ2v) is 7.39. The molecule has 1 N–H and O–H groups in total. The lowest BCUT2D eigenvalue weighted by Crippen LogP contribution is -2.29. The maximum absolute atomic E-state index is 6.52. The zero-order valence-corrected chi connectivity index (χ0v) is 15.1. The maximum Gasteiger partial charge on any atom is 0.142 e. The van der Waals surface area contributed by atoms with Crippen molar-refractivity contribution < 1.29 is 4.74 Å². The van der Waals surface area contributed by atoms with Gasteiger partial charge in [-0.05, 0) is 42.2 Å². The van der Waals surface area contributed by atoms with Crippen LogP contribution in [-0.2, 0) is 0 Å². The zero-order valence-electron chi connectivity index (χ0n) is 12.7. The molecule has 0 unspecified atom stereocenters. The van der Waals surface area contributed by atoms with Crippen molar-refractivity contribution in [2.45, 2.75) is 18.4 Å². The minimum atomic E-state index is 0.253. The Kier molecular flexibility index (Phi) is 3.86. The third-order valence-corrected chi connectivity index (χ3v) is 5.74. The summed E-state index contributed by atoms with van der Waals surface area (Å²) in [6.45, 7) is 0. The number of anilines is 1. The van der Waals surface area contributed by atoms with Gasteiger partial charge in [0.2, 0.25) is 0 Å². The molecule has 0 spiro atoms. The number of allylic oxidation sites excluding steroid dienone is 2. The Labute approximate surface area is 149 Å². The van der Waals surface area contributed by atoms with Crippen LogP contribution in [0.4, 0.5) is 5.69 Å². The van der Waals surface area contributed by atoms with E-state index in [1.54, 1.807) is 7.11 Å². The fraction of sp³-hybridized carbons (Fsp3) is 0.263. The third kappa shape index (κ3) is 2.47. The average molecular weight is 391 g/mol. The highest BCUT2D eigenvalue weighted by molar-refractivity contribution is 9.10. The van der Waals surface area contributed by atoms with Crippen LogP contribution in [0.5, 0.6) is 5.75 Å². The van der Waals surface area contributed by atoms with Gasteiger partial charge in [0.25, 0.3) is 0 Å². The lowest BCUT2D eigenvalue weighted by Gasteiger charge is -2.38. The van der Waals surface area contributed by atoms with Crippen molar-refractivity contribution >= 4 is 33.2 Å². The number of ether oxygens (including phenoxy) is 1. The molecule has 2 aromatic carbocycles. The van der Waals surface area contributed by atoms with Crippen LogP contribution in [0, 0.1) is 5.92 Å². The molecule has 2 aromatic rings. The summed E-state index contributed by atoms with van der Waals surface area (Å²) in [7, 11) is 1.70. The topological polar surface area (TPSA) is 21.3 Å². The SMILES string of the molecule is COc1ccc(Cl)c2c1N[C@H](c1ccc(Br)cc1)[C@@H]1CC=C[C@H]21. The van der Waals surface area contributed by atoms with Crippen molar-refractivity contribution in [3.63, 3.8) is 0 Å². The van der Waals surface area contributed by atoms with Gasteiger partial charge in [0.15, 0.2) is 0 Å². The monoisotopic (exact) mass is 389 g/mol. The Balaban J connectivity index is 1.84. The summed E-state index contributed by atoms with van der Waals surface area (Å²) in [4.78, 5) is 0. The van der Waals surface area contributed by atoms with Crippen molar-refractivity contribution in [3.8, 4) is 5.75 Å². The average Bonchev–Trinajstić information content (AvgIpc) is 3.04. The second-order valence-electron chi connectivity index (χ2n) is 6.07. The van der Waals surface area contributed by atoms with E-state index in [2.05, 4.69) is 57.7 Å². The summed E-state index contributed by atoms with van der Waals surface area (Å²) in [6.07, 6.45) is 5.63. The lowest BCUT2D eigenvalue weighted by molar-refractivity contribution is 0.397. The second kappa shape index (κ2) is 5.88. The summed E-state index contributed by atoms with van der Waals surface area (Å²) in [5.41, 5.74) is 3.48. The highest BCUT2D eigenvalue weighted by Crippen LogP contribution is 2.54. The van der Waals surface area contributed by atoms with E-state index in [1.165, 1.54) is 5.56 Å². The fourth-order valence-electron chi connectivity index (χ4n) is 3.81. The van der Waals surface area contributed by atoms with Gasteiger partial charge < -0.3 is 10.1 Å². The molecule has 0 saturated carbocycles. The van der Waals surface area contributed by atoms with E-state index >= 15 is 0 Å². The molecular formula is C19H17BrClNO. The van der Waals surface area contributed by atoms with E-state index in [4.69, 9.17) is 16.3 Å². The van der Waals surface area contributed by atoms with Crippen LogP contribution in [0.25, 0.3) is 0 Å². The highest BCUT2D eigenvalue weighted by Gasteiger charge is 2.40. The summed E-state index contributed by atoms with van der Waals surface area (Å²) >= 11 is 10.0. The normalized spacial score (nSPS) is 24.7. The molecule has 0 amide bonds. The van der Waals surface area contributed by atoms with Gasteiger partial charge in [0, 0.05) is 21.0 Å². The first-order valence-corrected chi connectivity index (χ1v) is 8.91. The van der Waals surface area contributed by atoms with Crippen LogP contribution in [0.2, 0.25) is 5.02 Å². The predicted octanol–water partition coefficient (Wildman–Crippen LogP) is 5.94. The number of benzene rings is 2. The molecule has 118 valence electrons. The van der Waals surface area contributed by atoms with E-state index in [1.807, 2.05) is 12.1 Å². The molecular weight excluding hydrogens is 374 g/mol. The molecule has 4 heteroatoms. The minimum Gasteiger partial charge on any atom is -0.495 e. The molecule has 0 radical (unpaired) electrons. The quantitative estimate of drug-likeness (QED) is 0.641. The van der Waals surface area contributed by atoms with Crippen molar-refractivity contribution in [1.29, 1.82) is 0 Å². The summed E-state index contributed by atoms with van der Waals surface area (Å²) in [5.74, 6) is 1.67. The Hall–Kier alpha value is -1.45. The first-order valence-electron chi connectivity index (χ1n) is 7.74. The van der Waals surface area contributed by atoms with Crippen LogP contribution in [0.1, 0.15) is 29.5 Å². The molecule has 4 rings (SSSR count). The molecule has 2 nitrogen and oxygen atoms in total. The van der Waals surface area contributed by atoms with Gasteiger partial charge in [-0.1, -0.05) is 51.8 Å². The van der Waals surface area contributed by atoms with Gasteiger partial charge in [0.1, 0.15) is 5.75 Å². The van der Waals surface area contributed by atoms with E-state index in [9.17, 15) is 0 Å². The predicted molar refractivity (Wildman–Crippen MR) is 98.5 cm³/mol. The molecule has 1 aliphatic heterocycles. The Morgan fingerprint density at radius 3 is 2.70 bits per heavy atom. The molecule has 1 aliphatic carbocycles. The van der Waals surface area contributed by atoms with E-state index in [-0.39, 0.29) is 6.04 Å². The molecule has 0 aromatic heterocycles. The molecule has 1 heterocycles. The molecule has 23 heavy (non-hydrogen) atoms. The van der Waals surface area contributed by atoms with Crippen LogP contribution < -0.4 is 10.1 Å². The Morgan fingerprint density at radius 2 is 1.96 bits per heavy atom. The summed E-state index contributed by atoms with van der Waals surface area (Å²) in [6, 6.07) is 12.7. The van der Waals surface area contributed by atoms with Crippen molar-refractivity contribution in [2.75, 3.05) is 12.4 Å². The van der Waals surface area contributed by atoms with Crippen molar-refractivity contribution in [2.24, 2.45) is 5.92 Å². The van der Waals surface area contributed by atoms with E-state index in [0.717, 1.165) is 32.9 Å². The first-order chi connectivity index (χ1) is 11.2. The lowest BCUT2D eigenvalue weighted by atomic mass is 9.77. The van der Waals surface area contributed by atoms with Crippen LogP contribution >= 0.6 is 27.5 Å². The third-order valence-electron chi connectivity index (χ3n) is 4.88. The van der Waals surface area contributed by atoms with Crippen LogP contribution in [0.15, 0.2) is 53.0 Å². The van der Waals surface area contributed by atoms with E-state index in [0.29, 0.717) is 11.8 Å². The number of halogens is 2. The largest absolute Gasteiger partial charge is 0.495 e. The number of nitrogens with one attached hydrogen (secondary N) is 1. The highest BCUT2D eigenvalue weighted by atomic mass is 79.9. The van der Waals surface area contributed by atoms with Gasteiger partial charge >= 0.3 is 0 Å². The van der Waals surface area contributed by atoms with Gasteiger partial charge in [-0.15, -0.1) is 0 Å². The molecule has 3 atom stereocenters. The smallest absolute Gasteiger partial charge is 0.142 e. The minimum absolute atomic E-state index is 0.253. The number of rotatable bonds is 2. The van der Waals surface area contributed by atoms with Gasteiger partial charge in [-0.25, -0.2) is 0 Å². The van der Waals surface area contributed by atoms with Gasteiger partial charge in [0.05, 0.1) is 18.8 Å². The van der Waals surface area contributed by atoms with E-state index < -0.39 is 0 Å². The van der Waals surface area contributed by atoms with Crippen molar-refractivity contribution in [3.05, 3.63) is 69.2 Å². The zero-order chi connectivity index (χ0) is 16.0. The number of hydrogen-bond donors (Lipinski definition) is 1. The standard InChI is InChI=1S/C19H17BrClNO/c1-23-16-10-9-15(21)17-13-3-2-4-14(13)18(22-19(16)17)11-5-7-12(20)8-6-11/h2-3,5-10,13-14,18,22H,4H2,1H3/t13-,14+,18+/m0/s1. The Morgan fingerprint density at radius 1 is 1.17 bits per heavy atom. The first kappa shape index (κ1) is 15.1. The molecule has 0 fully saturated rings. The maximum atomic E-state index is 6.52. The van der Waals surface area contributed by atoms with Gasteiger partial charge in [-0.3, -0.25) is 0 Å². The molecule has 0 bridgehead atoms. The summed E-state index contributed by atoms with van der Waals surface area (Å²) in [5, 5.41) is 4.51. The molecule has 2 aliphatic rings. The van der Waals surface area contributed by atoms with Crippen LogP contribution in [0.3, 0.4) is 0 Å². The Bertz CT molecular complexity index is 772.